The molecule has 0 spiro atoms. The Labute approximate surface area is 144 Å². The second kappa shape index (κ2) is 6.79. The van der Waals surface area contributed by atoms with Crippen molar-refractivity contribution in [3.63, 3.8) is 0 Å². The number of carbonyl (C=O) groups is 1. The van der Waals surface area contributed by atoms with E-state index < -0.39 is 27.3 Å². The van der Waals surface area contributed by atoms with Crippen molar-refractivity contribution in [2.75, 3.05) is 17.8 Å². The highest BCUT2D eigenvalue weighted by Crippen LogP contribution is 2.23. The highest BCUT2D eigenvalue weighted by atomic mass is 32.2. The average Bonchev–Trinajstić information content (AvgIpc) is 3.12. The van der Waals surface area contributed by atoms with E-state index in [1.54, 1.807) is 4.90 Å². The Morgan fingerprint density at radius 1 is 0.960 bits per heavy atom. The molecule has 8 heteroatoms. The summed E-state index contributed by atoms with van der Waals surface area (Å²) in [6.45, 7) is 1.37. The first-order chi connectivity index (χ1) is 11.9. The zero-order valence-electron chi connectivity index (χ0n) is 13.2. The monoisotopic (exact) mass is 366 g/mol. The van der Waals surface area contributed by atoms with E-state index in [1.165, 1.54) is 24.3 Å². The van der Waals surface area contributed by atoms with E-state index in [9.17, 15) is 22.0 Å². The molecule has 132 valence electrons. The van der Waals surface area contributed by atoms with Gasteiger partial charge in [-0.1, -0.05) is 6.07 Å². The van der Waals surface area contributed by atoms with Gasteiger partial charge in [-0.2, -0.15) is 0 Å². The van der Waals surface area contributed by atoms with Gasteiger partial charge in [-0.3, -0.25) is 9.52 Å². The van der Waals surface area contributed by atoms with Gasteiger partial charge in [-0.05, 0) is 49.2 Å². The van der Waals surface area contributed by atoms with E-state index in [-0.39, 0.29) is 10.8 Å². The van der Waals surface area contributed by atoms with Crippen LogP contribution in [0, 0.1) is 11.6 Å². The lowest BCUT2D eigenvalue weighted by Crippen LogP contribution is -2.27. The lowest BCUT2D eigenvalue weighted by Gasteiger charge is -2.15. The van der Waals surface area contributed by atoms with E-state index in [1.807, 2.05) is 4.72 Å². The summed E-state index contributed by atoms with van der Waals surface area (Å²) in [4.78, 5) is 13.8. The van der Waals surface area contributed by atoms with Crippen LogP contribution in [0.15, 0.2) is 47.4 Å². The van der Waals surface area contributed by atoms with Crippen molar-refractivity contribution in [2.24, 2.45) is 0 Å². The number of para-hydroxylation sites is 1. The molecule has 0 aliphatic carbocycles. The smallest absolute Gasteiger partial charge is 0.262 e. The molecular weight excluding hydrogens is 350 g/mol. The molecule has 0 saturated carbocycles. The molecule has 2 aromatic carbocycles. The van der Waals surface area contributed by atoms with Crippen molar-refractivity contribution in [1.82, 2.24) is 4.90 Å². The average molecular weight is 366 g/mol. The summed E-state index contributed by atoms with van der Waals surface area (Å²) in [7, 11) is -4.17. The fourth-order valence-electron chi connectivity index (χ4n) is 2.67. The van der Waals surface area contributed by atoms with Crippen LogP contribution in [0.5, 0.6) is 0 Å². The van der Waals surface area contributed by atoms with Crippen LogP contribution in [0.1, 0.15) is 23.2 Å². The Hall–Kier alpha value is -2.48. The molecule has 1 aliphatic heterocycles. The maximum Gasteiger partial charge on any atom is 0.262 e. The highest BCUT2D eigenvalue weighted by Gasteiger charge is 2.22. The van der Waals surface area contributed by atoms with Crippen LogP contribution in [0.2, 0.25) is 0 Å². The Morgan fingerprint density at radius 3 is 2.08 bits per heavy atom. The number of halogens is 2. The molecule has 1 aliphatic rings. The Morgan fingerprint density at radius 2 is 1.52 bits per heavy atom. The van der Waals surface area contributed by atoms with Crippen LogP contribution in [0.25, 0.3) is 0 Å². The topological polar surface area (TPSA) is 66.5 Å². The fraction of sp³-hybridized carbons (Fsp3) is 0.235. The molecule has 2 aromatic rings. The van der Waals surface area contributed by atoms with Gasteiger partial charge in [0.25, 0.3) is 15.9 Å². The summed E-state index contributed by atoms with van der Waals surface area (Å²) in [6, 6.07) is 8.33. The highest BCUT2D eigenvalue weighted by molar-refractivity contribution is 7.92. The third kappa shape index (κ3) is 3.63. The Balaban J connectivity index is 1.82. The number of rotatable bonds is 4. The van der Waals surface area contributed by atoms with Crippen molar-refractivity contribution < 1.29 is 22.0 Å². The number of hydrogen-bond acceptors (Lipinski definition) is 3. The number of anilines is 1. The van der Waals surface area contributed by atoms with Gasteiger partial charge >= 0.3 is 0 Å². The summed E-state index contributed by atoms with van der Waals surface area (Å²) in [5.41, 5.74) is -0.363. The van der Waals surface area contributed by atoms with Gasteiger partial charge in [0.1, 0.15) is 17.3 Å². The number of nitrogens with zero attached hydrogens (tertiary/aromatic N) is 1. The molecule has 1 saturated heterocycles. The number of amides is 1. The predicted molar refractivity (Wildman–Crippen MR) is 88.7 cm³/mol. The normalized spacial score (nSPS) is 14.6. The van der Waals surface area contributed by atoms with E-state index in [0.717, 1.165) is 31.0 Å². The Bertz CT molecular complexity index is 872. The fourth-order valence-corrected chi connectivity index (χ4v) is 3.74. The van der Waals surface area contributed by atoms with E-state index in [0.29, 0.717) is 18.7 Å². The molecule has 0 bridgehead atoms. The van der Waals surface area contributed by atoms with Crippen molar-refractivity contribution in [3.05, 3.63) is 59.7 Å². The van der Waals surface area contributed by atoms with Crippen LogP contribution in [0.3, 0.4) is 0 Å². The third-order valence-corrected chi connectivity index (χ3v) is 5.37. The molecule has 0 radical (unpaired) electrons. The summed E-state index contributed by atoms with van der Waals surface area (Å²) in [5.74, 6) is -2.18. The molecule has 1 N–H and O–H groups in total. The van der Waals surface area contributed by atoms with Crippen LogP contribution in [0.4, 0.5) is 14.5 Å². The Kier molecular flexibility index (Phi) is 4.71. The maximum atomic E-state index is 13.6. The standard InChI is InChI=1S/C17H16F2N2O3S/c18-14-4-3-5-15(19)16(14)20-25(23,24)13-8-6-12(7-9-13)17(22)21-10-1-2-11-21/h3-9,20H,1-2,10-11H2. The zero-order valence-corrected chi connectivity index (χ0v) is 14.0. The molecule has 0 atom stereocenters. The van der Waals surface area contributed by atoms with E-state index in [4.69, 9.17) is 0 Å². The molecule has 25 heavy (non-hydrogen) atoms. The van der Waals surface area contributed by atoms with Crippen LogP contribution >= 0.6 is 0 Å². The van der Waals surface area contributed by atoms with Crippen LogP contribution in [-0.4, -0.2) is 32.3 Å². The number of carbonyl (C=O) groups excluding carboxylic acids is 1. The van der Waals surface area contributed by atoms with Gasteiger partial charge in [0.2, 0.25) is 0 Å². The number of benzene rings is 2. The molecule has 5 nitrogen and oxygen atoms in total. The quantitative estimate of drug-likeness (QED) is 0.905. The zero-order chi connectivity index (χ0) is 18.0. The van der Waals surface area contributed by atoms with Crippen molar-refractivity contribution in [1.29, 1.82) is 0 Å². The number of hydrogen-bond donors (Lipinski definition) is 1. The molecule has 0 aromatic heterocycles. The second-order valence-electron chi connectivity index (χ2n) is 5.73. The lowest BCUT2D eigenvalue weighted by molar-refractivity contribution is 0.0792. The molecule has 0 unspecified atom stereocenters. The van der Waals surface area contributed by atoms with Gasteiger partial charge in [0.15, 0.2) is 0 Å². The lowest BCUT2D eigenvalue weighted by atomic mass is 10.2. The van der Waals surface area contributed by atoms with Gasteiger partial charge in [0.05, 0.1) is 4.90 Å². The number of nitrogens with one attached hydrogen (secondary N) is 1. The second-order valence-corrected chi connectivity index (χ2v) is 7.41. The minimum Gasteiger partial charge on any atom is -0.339 e. The largest absolute Gasteiger partial charge is 0.339 e. The summed E-state index contributed by atoms with van der Waals surface area (Å²) < 4.78 is 53.8. The third-order valence-electron chi connectivity index (χ3n) is 4.00. The first-order valence-corrected chi connectivity index (χ1v) is 9.23. The maximum absolute atomic E-state index is 13.6. The predicted octanol–water partition coefficient (Wildman–Crippen LogP) is 3.00. The van der Waals surface area contributed by atoms with Crippen molar-refractivity contribution in [3.8, 4) is 0 Å². The molecule has 1 heterocycles. The molecule has 1 amide bonds. The minimum atomic E-state index is -4.17. The minimum absolute atomic E-state index is 0.158. The molecule has 3 rings (SSSR count). The van der Waals surface area contributed by atoms with Gasteiger partial charge in [0, 0.05) is 18.7 Å². The SMILES string of the molecule is O=C(c1ccc(S(=O)(=O)Nc2c(F)cccc2F)cc1)N1CCCC1. The van der Waals surface area contributed by atoms with E-state index in [2.05, 4.69) is 0 Å². The number of sulfonamides is 1. The summed E-state index contributed by atoms with van der Waals surface area (Å²) >= 11 is 0. The first kappa shape index (κ1) is 17.3. The molecule has 1 fully saturated rings. The summed E-state index contributed by atoms with van der Waals surface area (Å²) in [5, 5.41) is 0. The summed E-state index contributed by atoms with van der Waals surface area (Å²) in [6.07, 6.45) is 1.91. The van der Waals surface area contributed by atoms with Crippen LogP contribution in [-0.2, 0) is 10.0 Å². The van der Waals surface area contributed by atoms with Gasteiger partial charge in [-0.15, -0.1) is 0 Å². The van der Waals surface area contributed by atoms with Crippen molar-refractivity contribution >= 4 is 21.6 Å². The first-order valence-electron chi connectivity index (χ1n) is 7.75. The van der Waals surface area contributed by atoms with Crippen LogP contribution < -0.4 is 4.72 Å². The number of likely N-dealkylation sites (tertiary alicyclic amines) is 1. The molecular formula is C17H16F2N2O3S. The van der Waals surface area contributed by atoms with E-state index >= 15 is 0 Å². The van der Waals surface area contributed by atoms with Gasteiger partial charge < -0.3 is 4.90 Å². The van der Waals surface area contributed by atoms with Gasteiger partial charge in [-0.25, -0.2) is 17.2 Å². The van der Waals surface area contributed by atoms with Crippen molar-refractivity contribution in [2.45, 2.75) is 17.7 Å².